The van der Waals surface area contributed by atoms with Crippen LogP contribution in [-0.2, 0) is 16.6 Å². The van der Waals surface area contributed by atoms with Crippen LogP contribution in [0.3, 0.4) is 0 Å². The van der Waals surface area contributed by atoms with Gasteiger partial charge in [0.15, 0.2) is 0 Å². The summed E-state index contributed by atoms with van der Waals surface area (Å²) >= 11 is 0. The summed E-state index contributed by atoms with van der Waals surface area (Å²) in [4.78, 5) is 22.9. The van der Waals surface area contributed by atoms with Crippen molar-refractivity contribution in [3.63, 3.8) is 0 Å². The molecule has 38 heavy (non-hydrogen) atoms. The molecule has 1 unspecified atom stereocenters. The van der Waals surface area contributed by atoms with Crippen LogP contribution in [-0.4, -0.2) is 57.5 Å². The Balaban J connectivity index is 1.21. The fourth-order valence-electron chi connectivity index (χ4n) is 8.16. The molecule has 2 aromatic carbocycles. The fraction of sp³-hybridized carbons (Fsp3) is 0.576. The van der Waals surface area contributed by atoms with Gasteiger partial charge in [0.25, 0.3) is 0 Å². The number of hydrogen-bond donors (Lipinski definition) is 0. The smallest absolute Gasteiger partial charge is 0.227 e. The van der Waals surface area contributed by atoms with Crippen LogP contribution < -0.4 is 0 Å². The lowest BCUT2D eigenvalue weighted by Crippen LogP contribution is -2.48. The number of para-hydroxylation sites is 2. The molecule has 2 saturated heterocycles. The molecule has 3 aromatic rings. The Hall–Kier alpha value is -2.66. The van der Waals surface area contributed by atoms with Crippen molar-refractivity contribution < 1.29 is 4.79 Å². The van der Waals surface area contributed by atoms with Gasteiger partial charge in [-0.3, -0.25) is 9.69 Å². The lowest BCUT2D eigenvalue weighted by atomic mass is 9.77. The summed E-state index contributed by atoms with van der Waals surface area (Å²) in [6.45, 7) is 10.2. The molecular formula is C33H44N4O. The van der Waals surface area contributed by atoms with Crippen LogP contribution in [0.5, 0.6) is 0 Å². The molecular weight excluding hydrogens is 468 g/mol. The van der Waals surface area contributed by atoms with E-state index in [1.54, 1.807) is 0 Å². The van der Waals surface area contributed by atoms with Gasteiger partial charge in [-0.1, -0.05) is 57.2 Å². The number of imidazole rings is 1. The number of piperidine rings is 1. The maximum atomic E-state index is 13.2. The minimum absolute atomic E-state index is 0.0413. The molecule has 1 aliphatic carbocycles. The first-order valence-electron chi connectivity index (χ1n) is 14.7. The molecule has 0 radical (unpaired) electrons. The number of likely N-dealkylation sites (N-methyl/N-ethyl adjacent to an activating group) is 1. The van der Waals surface area contributed by atoms with Gasteiger partial charge in [-0.2, -0.15) is 0 Å². The van der Waals surface area contributed by atoms with E-state index in [4.69, 9.17) is 4.98 Å². The molecule has 5 heteroatoms. The third-order valence-corrected chi connectivity index (χ3v) is 9.84. The highest BCUT2D eigenvalue weighted by Gasteiger charge is 2.45. The number of carbonyl (C=O) groups excluding carboxylic acids is 1. The highest BCUT2D eigenvalue weighted by molar-refractivity contribution is 5.81. The van der Waals surface area contributed by atoms with Gasteiger partial charge in [-0.25, -0.2) is 4.98 Å². The molecule has 1 amide bonds. The topological polar surface area (TPSA) is 41.4 Å². The average molecular weight is 513 g/mol. The third-order valence-electron chi connectivity index (χ3n) is 9.84. The Bertz CT molecular complexity index is 1320. The van der Waals surface area contributed by atoms with E-state index in [1.165, 1.54) is 42.3 Å². The van der Waals surface area contributed by atoms with Crippen molar-refractivity contribution in [1.29, 1.82) is 0 Å². The zero-order valence-electron chi connectivity index (χ0n) is 23.9. The Morgan fingerprint density at radius 2 is 1.71 bits per heavy atom. The Morgan fingerprint density at radius 1 is 1.03 bits per heavy atom. The highest BCUT2D eigenvalue weighted by Crippen LogP contribution is 2.46. The zero-order valence-corrected chi connectivity index (χ0v) is 23.9. The quantitative estimate of drug-likeness (QED) is 0.390. The Kier molecular flexibility index (Phi) is 6.41. The fourth-order valence-corrected chi connectivity index (χ4v) is 8.16. The van der Waals surface area contributed by atoms with Crippen LogP contribution in [0.25, 0.3) is 11.0 Å². The molecule has 2 aliphatic heterocycles. The SMILES string of the molecule is Cc1nc2ccccc2n1[C@H]1C[C@H]2CC[C@@H](C1)N2CCC1(CN(C)C(=O)C(C)(C)C)CCc2ccccc21. The summed E-state index contributed by atoms with van der Waals surface area (Å²) in [7, 11) is 2.02. The van der Waals surface area contributed by atoms with E-state index in [9.17, 15) is 4.79 Å². The highest BCUT2D eigenvalue weighted by atomic mass is 16.2. The van der Waals surface area contributed by atoms with Crippen molar-refractivity contribution in [2.45, 2.75) is 96.2 Å². The van der Waals surface area contributed by atoms with E-state index in [0.717, 1.165) is 43.7 Å². The van der Waals surface area contributed by atoms with Gasteiger partial charge in [0.1, 0.15) is 5.82 Å². The molecule has 4 atom stereocenters. The van der Waals surface area contributed by atoms with Crippen molar-refractivity contribution in [1.82, 2.24) is 19.4 Å². The Labute approximate surface area is 228 Å². The third kappa shape index (κ3) is 4.37. The molecule has 5 nitrogen and oxygen atoms in total. The Morgan fingerprint density at radius 3 is 2.45 bits per heavy atom. The van der Waals surface area contributed by atoms with Gasteiger partial charge in [0.05, 0.1) is 11.0 Å². The number of rotatable bonds is 6. The number of carbonyl (C=O) groups is 1. The molecule has 3 aliphatic rings. The number of aromatic nitrogens is 2. The first-order chi connectivity index (χ1) is 18.2. The lowest BCUT2D eigenvalue weighted by Gasteiger charge is -2.43. The standard InChI is InChI=1S/C33H44N4O/c1-23-34-29-12-8-9-13-30(29)37(23)27-20-25-14-15-26(21-27)36(25)19-18-33(22-35(5)31(38)32(2,3)4)17-16-24-10-6-7-11-28(24)33/h6-13,25-27H,14-22H2,1-5H3/t25-,26+,27+,33?. The van der Waals surface area contributed by atoms with Crippen LogP contribution in [0.4, 0.5) is 0 Å². The van der Waals surface area contributed by atoms with E-state index < -0.39 is 0 Å². The summed E-state index contributed by atoms with van der Waals surface area (Å²) in [6, 6.07) is 19.4. The van der Waals surface area contributed by atoms with Crippen molar-refractivity contribution in [2.75, 3.05) is 20.1 Å². The van der Waals surface area contributed by atoms with Crippen LogP contribution in [0.1, 0.15) is 82.3 Å². The summed E-state index contributed by atoms with van der Waals surface area (Å²) < 4.78 is 2.53. The summed E-state index contributed by atoms with van der Waals surface area (Å²) in [5, 5.41) is 0. The minimum atomic E-state index is -0.356. The summed E-state index contributed by atoms with van der Waals surface area (Å²) in [6.07, 6.45) is 8.41. The van der Waals surface area contributed by atoms with Gasteiger partial charge in [0, 0.05) is 42.5 Å². The monoisotopic (exact) mass is 512 g/mol. The second kappa shape index (κ2) is 9.51. The molecule has 0 saturated carbocycles. The molecule has 202 valence electrons. The number of aryl methyl sites for hydroxylation is 2. The number of nitrogens with zero attached hydrogens (tertiary/aromatic N) is 4. The lowest BCUT2D eigenvalue weighted by molar-refractivity contribution is -0.139. The van der Waals surface area contributed by atoms with E-state index in [1.807, 2.05) is 32.7 Å². The second-order valence-electron chi connectivity index (χ2n) is 13.4. The van der Waals surface area contributed by atoms with Crippen molar-refractivity contribution >= 4 is 16.9 Å². The van der Waals surface area contributed by atoms with E-state index in [-0.39, 0.29) is 16.7 Å². The maximum absolute atomic E-state index is 13.2. The summed E-state index contributed by atoms with van der Waals surface area (Å²) in [5.74, 6) is 1.39. The molecule has 2 bridgehead atoms. The molecule has 3 heterocycles. The maximum Gasteiger partial charge on any atom is 0.227 e. The second-order valence-corrected chi connectivity index (χ2v) is 13.4. The average Bonchev–Trinajstić information content (AvgIpc) is 3.50. The predicted molar refractivity (Wildman–Crippen MR) is 154 cm³/mol. The first-order valence-corrected chi connectivity index (χ1v) is 14.7. The molecule has 6 rings (SSSR count). The molecule has 1 aromatic heterocycles. The van der Waals surface area contributed by atoms with Gasteiger partial charge in [-0.15, -0.1) is 0 Å². The molecule has 0 N–H and O–H groups in total. The van der Waals surface area contributed by atoms with Gasteiger partial charge in [0.2, 0.25) is 5.91 Å². The van der Waals surface area contributed by atoms with Crippen LogP contribution in [0.15, 0.2) is 48.5 Å². The molecule has 0 spiro atoms. The normalized spacial score (nSPS) is 27.1. The first kappa shape index (κ1) is 25.6. The molecule has 2 fully saturated rings. The largest absolute Gasteiger partial charge is 0.344 e. The van der Waals surface area contributed by atoms with Crippen molar-refractivity contribution in [3.8, 4) is 0 Å². The summed E-state index contributed by atoms with van der Waals surface area (Å²) in [5.41, 5.74) is 5.06. The number of hydrogen-bond acceptors (Lipinski definition) is 3. The van der Waals surface area contributed by atoms with Crippen molar-refractivity contribution in [2.24, 2.45) is 5.41 Å². The van der Waals surface area contributed by atoms with E-state index in [2.05, 4.69) is 64.9 Å². The van der Waals surface area contributed by atoms with Crippen LogP contribution in [0.2, 0.25) is 0 Å². The zero-order chi connectivity index (χ0) is 26.7. The van der Waals surface area contributed by atoms with Gasteiger partial charge in [-0.05, 0) is 81.7 Å². The number of fused-ring (bicyclic) bond motifs is 4. The minimum Gasteiger partial charge on any atom is -0.344 e. The van der Waals surface area contributed by atoms with E-state index >= 15 is 0 Å². The number of benzene rings is 2. The van der Waals surface area contributed by atoms with E-state index in [0.29, 0.717) is 18.1 Å². The van der Waals surface area contributed by atoms with Crippen molar-refractivity contribution in [3.05, 3.63) is 65.5 Å². The van der Waals surface area contributed by atoms with Crippen LogP contribution >= 0.6 is 0 Å². The number of amides is 1. The van der Waals surface area contributed by atoms with Crippen LogP contribution in [0, 0.1) is 12.3 Å². The predicted octanol–water partition coefficient (Wildman–Crippen LogP) is 6.29. The van der Waals surface area contributed by atoms with Gasteiger partial charge < -0.3 is 9.47 Å². The van der Waals surface area contributed by atoms with Gasteiger partial charge >= 0.3 is 0 Å².